The molecule has 1 aromatic carbocycles. The summed E-state index contributed by atoms with van der Waals surface area (Å²) in [6, 6.07) is 10.4. The minimum absolute atomic E-state index is 0.0902. The number of amides is 1. The molecule has 1 amide bonds. The summed E-state index contributed by atoms with van der Waals surface area (Å²) >= 11 is 0. The van der Waals surface area contributed by atoms with E-state index in [1.165, 1.54) is 24.0 Å². The zero-order valence-electron chi connectivity index (χ0n) is 16.3. The van der Waals surface area contributed by atoms with Gasteiger partial charge in [-0.05, 0) is 37.3 Å². The van der Waals surface area contributed by atoms with Crippen LogP contribution in [0.3, 0.4) is 0 Å². The van der Waals surface area contributed by atoms with E-state index < -0.39 is 6.10 Å². The van der Waals surface area contributed by atoms with Crippen molar-refractivity contribution in [2.24, 2.45) is 0 Å². The summed E-state index contributed by atoms with van der Waals surface area (Å²) in [4.78, 5) is 26.6. The van der Waals surface area contributed by atoms with Crippen LogP contribution in [0, 0.1) is 6.92 Å². The summed E-state index contributed by atoms with van der Waals surface area (Å²) in [5, 5.41) is 0. The lowest BCUT2D eigenvalue weighted by molar-refractivity contribution is -0.145. The summed E-state index contributed by atoms with van der Waals surface area (Å²) in [6.07, 6.45) is 2.85. The van der Waals surface area contributed by atoms with Gasteiger partial charge in [-0.25, -0.2) is 9.97 Å². The monoisotopic (exact) mass is 378 g/mol. The van der Waals surface area contributed by atoms with Crippen LogP contribution in [-0.2, 0) is 22.5 Å². The third-order valence-electron chi connectivity index (χ3n) is 5.91. The smallest absolute Gasteiger partial charge is 0.253 e. The number of anilines is 1. The van der Waals surface area contributed by atoms with Crippen LogP contribution in [0.5, 0.6) is 0 Å². The molecule has 5 rings (SSSR count). The number of hydrogen-bond donors (Lipinski definition) is 0. The van der Waals surface area contributed by atoms with Crippen molar-refractivity contribution in [2.45, 2.75) is 44.8 Å². The standard InChI is InChI=1S/C22H26N4O2/c1-15-12-20(24-21(23-15)17-6-7-17)25-10-11-28-19(14-25)22(27)26-9-8-16-4-2-3-5-18(16)13-26/h2-5,12,17,19H,6-11,13-14H2,1H3. The number of hydrogen-bond acceptors (Lipinski definition) is 5. The van der Waals surface area contributed by atoms with E-state index in [0.717, 1.165) is 36.8 Å². The van der Waals surface area contributed by atoms with Crippen LogP contribution < -0.4 is 4.90 Å². The van der Waals surface area contributed by atoms with E-state index in [1.807, 2.05) is 24.0 Å². The number of fused-ring (bicyclic) bond motifs is 1. The largest absolute Gasteiger partial charge is 0.365 e. The number of benzene rings is 1. The van der Waals surface area contributed by atoms with Gasteiger partial charge >= 0.3 is 0 Å². The second kappa shape index (κ2) is 7.17. The molecule has 2 fully saturated rings. The Kier molecular flexibility index (Phi) is 4.51. The van der Waals surface area contributed by atoms with Crippen molar-refractivity contribution in [1.82, 2.24) is 14.9 Å². The molecular formula is C22H26N4O2. The molecule has 2 aromatic rings. The lowest BCUT2D eigenvalue weighted by Crippen LogP contribution is -2.52. The number of rotatable bonds is 3. The van der Waals surface area contributed by atoms with Gasteiger partial charge in [-0.15, -0.1) is 0 Å². The molecular weight excluding hydrogens is 352 g/mol. The molecule has 6 heteroatoms. The number of morpholine rings is 1. The summed E-state index contributed by atoms with van der Waals surface area (Å²) in [5.74, 6) is 2.49. The lowest BCUT2D eigenvalue weighted by Gasteiger charge is -2.37. The molecule has 1 aliphatic carbocycles. The normalized spacial score (nSPS) is 22.1. The van der Waals surface area contributed by atoms with Gasteiger partial charge in [0.15, 0.2) is 6.10 Å². The molecule has 146 valence electrons. The van der Waals surface area contributed by atoms with Crippen LogP contribution in [0.25, 0.3) is 0 Å². The maximum atomic E-state index is 13.1. The number of carbonyl (C=O) groups is 1. The Morgan fingerprint density at radius 1 is 1.14 bits per heavy atom. The summed E-state index contributed by atoms with van der Waals surface area (Å²) in [5.41, 5.74) is 3.59. The predicted molar refractivity (Wildman–Crippen MR) is 106 cm³/mol. The van der Waals surface area contributed by atoms with Gasteiger partial charge in [-0.3, -0.25) is 4.79 Å². The van der Waals surface area contributed by atoms with Crippen LogP contribution in [0.4, 0.5) is 5.82 Å². The Morgan fingerprint density at radius 2 is 1.96 bits per heavy atom. The maximum absolute atomic E-state index is 13.1. The zero-order valence-corrected chi connectivity index (χ0v) is 16.3. The van der Waals surface area contributed by atoms with Gasteiger partial charge in [0.05, 0.1) is 13.2 Å². The predicted octanol–water partition coefficient (Wildman–Crippen LogP) is 2.45. The van der Waals surface area contributed by atoms with Gasteiger partial charge in [-0.1, -0.05) is 24.3 Å². The Hall–Kier alpha value is -2.47. The molecule has 1 atom stereocenters. The van der Waals surface area contributed by atoms with E-state index in [-0.39, 0.29) is 5.91 Å². The van der Waals surface area contributed by atoms with Crippen LogP contribution in [0.15, 0.2) is 30.3 Å². The van der Waals surface area contributed by atoms with Crippen LogP contribution in [0.2, 0.25) is 0 Å². The molecule has 2 aliphatic heterocycles. The molecule has 3 aliphatic rings. The molecule has 0 spiro atoms. The third-order valence-corrected chi connectivity index (χ3v) is 5.91. The lowest BCUT2D eigenvalue weighted by atomic mass is 9.99. The van der Waals surface area contributed by atoms with E-state index in [4.69, 9.17) is 9.72 Å². The van der Waals surface area contributed by atoms with Crippen molar-refractivity contribution in [3.63, 3.8) is 0 Å². The summed E-state index contributed by atoms with van der Waals surface area (Å²) in [6.45, 7) is 5.31. The summed E-state index contributed by atoms with van der Waals surface area (Å²) < 4.78 is 5.88. The topological polar surface area (TPSA) is 58.6 Å². The molecule has 0 bridgehead atoms. The highest BCUT2D eigenvalue weighted by Gasteiger charge is 2.33. The Labute approximate surface area is 165 Å². The van der Waals surface area contributed by atoms with Crippen molar-refractivity contribution >= 4 is 11.7 Å². The highest BCUT2D eigenvalue weighted by molar-refractivity contribution is 5.82. The number of carbonyl (C=O) groups excluding carboxylic acids is 1. The van der Waals surface area contributed by atoms with Gasteiger partial charge in [-0.2, -0.15) is 0 Å². The second-order valence-electron chi connectivity index (χ2n) is 8.08. The van der Waals surface area contributed by atoms with Crippen molar-refractivity contribution in [2.75, 3.05) is 31.1 Å². The molecule has 1 aromatic heterocycles. The van der Waals surface area contributed by atoms with Crippen LogP contribution in [-0.4, -0.2) is 53.1 Å². The molecule has 1 unspecified atom stereocenters. The Morgan fingerprint density at radius 3 is 2.79 bits per heavy atom. The van der Waals surface area contributed by atoms with E-state index in [9.17, 15) is 4.79 Å². The molecule has 28 heavy (non-hydrogen) atoms. The fourth-order valence-electron chi connectivity index (χ4n) is 4.15. The minimum Gasteiger partial charge on any atom is -0.365 e. The van der Waals surface area contributed by atoms with Gasteiger partial charge in [0.1, 0.15) is 11.6 Å². The highest BCUT2D eigenvalue weighted by atomic mass is 16.5. The molecule has 0 N–H and O–H groups in total. The van der Waals surface area contributed by atoms with E-state index in [0.29, 0.717) is 25.6 Å². The molecule has 1 saturated heterocycles. The number of aryl methyl sites for hydroxylation is 1. The van der Waals surface area contributed by atoms with Gasteiger partial charge in [0.25, 0.3) is 5.91 Å². The first-order valence-corrected chi connectivity index (χ1v) is 10.2. The quantitative estimate of drug-likeness (QED) is 0.821. The first kappa shape index (κ1) is 17.6. The maximum Gasteiger partial charge on any atom is 0.253 e. The first-order chi connectivity index (χ1) is 13.7. The van der Waals surface area contributed by atoms with Crippen molar-refractivity contribution in [3.8, 4) is 0 Å². The Bertz CT molecular complexity index is 896. The minimum atomic E-state index is -0.432. The van der Waals surface area contributed by atoms with Crippen LogP contribution >= 0.6 is 0 Å². The SMILES string of the molecule is Cc1cc(N2CCOC(C(=O)N3CCc4ccccc4C3)C2)nc(C2CC2)n1. The average Bonchev–Trinajstić information content (AvgIpc) is 3.58. The van der Waals surface area contributed by atoms with Crippen molar-refractivity contribution in [1.29, 1.82) is 0 Å². The summed E-state index contributed by atoms with van der Waals surface area (Å²) in [7, 11) is 0. The van der Waals surface area contributed by atoms with Crippen molar-refractivity contribution < 1.29 is 9.53 Å². The van der Waals surface area contributed by atoms with Gasteiger partial charge < -0.3 is 14.5 Å². The van der Waals surface area contributed by atoms with E-state index >= 15 is 0 Å². The average molecular weight is 378 g/mol. The van der Waals surface area contributed by atoms with Gasteiger partial charge in [0.2, 0.25) is 0 Å². The van der Waals surface area contributed by atoms with Crippen molar-refractivity contribution in [3.05, 3.63) is 53.0 Å². The molecule has 6 nitrogen and oxygen atoms in total. The fraction of sp³-hybridized carbons (Fsp3) is 0.500. The van der Waals surface area contributed by atoms with E-state index in [2.05, 4.69) is 28.1 Å². The number of nitrogens with zero attached hydrogens (tertiary/aromatic N) is 4. The Balaban J connectivity index is 1.30. The third kappa shape index (κ3) is 3.49. The number of ether oxygens (including phenoxy) is 1. The number of aromatic nitrogens is 2. The van der Waals surface area contributed by atoms with Crippen LogP contribution in [0.1, 0.15) is 41.4 Å². The first-order valence-electron chi connectivity index (χ1n) is 10.2. The molecule has 1 saturated carbocycles. The molecule has 3 heterocycles. The molecule has 0 radical (unpaired) electrons. The van der Waals surface area contributed by atoms with Gasteiger partial charge in [0, 0.05) is 37.3 Å². The second-order valence-corrected chi connectivity index (χ2v) is 8.08. The zero-order chi connectivity index (χ0) is 19.1. The van der Waals surface area contributed by atoms with E-state index in [1.54, 1.807) is 0 Å². The highest BCUT2D eigenvalue weighted by Crippen LogP contribution is 2.38. The fourth-order valence-corrected chi connectivity index (χ4v) is 4.15.